The van der Waals surface area contributed by atoms with E-state index in [0.29, 0.717) is 34.5 Å². The van der Waals surface area contributed by atoms with Gasteiger partial charge in [0.25, 0.3) is 5.91 Å². The SMILES string of the molecule is COc1cccc(C(=O)NCc2nnc(SCC(=O)N3CCc4ccccc43)n2-c2ccc(F)cc2)c1. The van der Waals surface area contributed by atoms with E-state index in [1.54, 1.807) is 45.9 Å². The molecule has 1 N–H and O–H groups in total. The summed E-state index contributed by atoms with van der Waals surface area (Å²) in [6.07, 6.45) is 0.829. The molecule has 2 heterocycles. The Hall–Kier alpha value is -4.18. The number of rotatable bonds is 8. The Morgan fingerprint density at radius 2 is 1.86 bits per heavy atom. The van der Waals surface area contributed by atoms with Gasteiger partial charge in [0.1, 0.15) is 11.6 Å². The van der Waals surface area contributed by atoms with Crippen LogP contribution in [0.15, 0.2) is 78.0 Å². The molecule has 0 saturated heterocycles. The zero-order chi connectivity index (χ0) is 25.8. The van der Waals surface area contributed by atoms with Crippen molar-refractivity contribution in [2.24, 2.45) is 0 Å². The summed E-state index contributed by atoms with van der Waals surface area (Å²) >= 11 is 1.25. The molecule has 3 aromatic carbocycles. The van der Waals surface area contributed by atoms with Crippen LogP contribution in [0, 0.1) is 5.82 Å². The molecule has 2 amide bonds. The van der Waals surface area contributed by atoms with Crippen molar-refractivity contribution < 1.29 is 18.7 Å². The molecule has 0 bridgehead atoms. The molecule has 1 aliphatic rings. The molecule has 1 aromatic heterocycles. The minimum Gasteiger partial charge on any atom is -0.497 e. The van der Waals surface area contributed by atoms with Gasteiger partial charge in [-0.15, -0.1) is 10.2 Å². The van der Waals surface area contributed by atoms with Gasteiger partial charge < -0.3 is 15.0 Å². The molecular weight excluding hydrogens is 493 g/mol. The van der Waals surface area contributed by atoms with Crippen LogP contribution in [0.4, 0.5) is 10.1 Å². The third-order valence-electron chi connectivity index (χ3n) is 6.04. The maximum Gasteiger partial charge on any atom is 0.251 e. The Morgan fingerprint density at radius 1 is 1.05 bits per heavy atom. The van der Waals surface area contributed by atoms with Gasteiger partial charge in [-0.3, -0.25) is 14.2 Å². The normalized spacial score (nSPS) is 12.3. The van der Waals surface area contributed by atoms with Crippen molar-refractivity contribution in [1.29, 1.82) is 0 Å². The Labute approximate surface area is 217 Å². The summed E-state index contributed by atoms with van der Waals surface area (Å²) in [4.78, 5) is 27.5. The summed E-state index contributed by atoms with van der Waals surface area (Å²) in [5.41, 5.74) is 3.16. The van der Waals surface area contributed by atoms with Crippen molar-refractivity contribution in [2.75, 3.05) is 24.3 Å². The van der Waals surface area contributed by atoms with E-state index in [9.17, 15) is 14.0 Å². The first-order valence-electron chi connectivity index (χ1n) is 11.7. The second kappa shape index (κ2) is 10.8. The number of benzene rings is 3. The van der Waals surface area contributed by atoms with Crippen LogP contribution < -0.4 is 15.0 Å². The van der Waals surface area contributed by atoms with Crippen molar-refractivity contribution in [3.63, 3.8) is 0 Å². The van der Waals surface area contributed by atoms with E-state index in [0.717, 1.165) is 17.7 Å². The lowest BCUT2D eigenvalue weighted by Crippen LogP contribution is -2.30. The number of methoxy groups -OCH3 is 1. The van der Waals surface area contributed by atoms with Gasteiger partial charge in [0.15, 0.2) is 11.0 Å². The lowest BCUT2D eigenvalue weighted by molar-refractivity contribution is -0.116. The number of hydrogen-bond donors (Lipinski definition) is 1. The Kier molecular flexibility index (Phi) is 7.18. The van der Waals surface area contributed by atoms with E-state index >= 15 is 0 Å². The number of fused-ring (bicyclic) bond motifs is 1. The highest BCUT2D eigenvalue weighted by molar-refractivity contribution is 7.99. The van der Waals surface area contributed by atoms with Gasteiger partial charge in [-0.05, 0) is 60.5 Å². The van der Waals surface area contributed by atoms with E-state index in [1.165, 1.54) is 31.0 Å². The number of ether oxygens (including phenoxy) is 1. The zero-order valence-electron chi connectivity index (χ0n) is 20.1. The number of hydrogen-bond acceptors (Lipinski definition) is 6. The monoisotopic (exact) mass is 517 g/mol. The first-order valence-corrected chi connectivity index (χ1v) is 12.7. The molecule has 4 aromatic rings. The Morgan fingerprint density at radius 3 is 2.68 bits per heavy atom. The molecule has 0 radical (unpaired) electrons. The van der Waals surface area contributed by atoms with Crippen molar-refractivity contribution >= 4 is 29.3 Å². The molecule has 1 aliphatic heterocycles. The number of thioether (sulfide) groups is 1. The number of anilines is 1. The smallest absolute Gasteiger partial charge is 0.251 e. The van der Waals surface area contributed by atoms with Crippen LogP contribution in [0.2, 0.25) is 0 Å². The molecule has 0 spiro atoms. The number of amides is 2. The summed E-state index contributed by atoms with van der Waals surface area (Å²) in [6.45, 7) is 0.722. The molecule has 10 heteroatoms. The van der Waals surface area contributed by atoms with Crippen LogP contribution in [-0.2, 0) is 17.8 Å². The number of nitrogens with zero attached hydrogens (tertiary/aromatic N) is 4. The number of para-hydroxylation sites is 1. The van der Waals surface area contributed by atoms with Crippen molar-refractivity contribution in [3.05, 3.63) is 95.6 Å². The summed E-state index contributed by atoms with van der Waals surface area (Å²) in [6, 6.07) is 20.6. The highest BCUT2D eigenvalue weighted by atomic mass is 32.2. The van der Waals surface area contributed by atoms with Gasteiger partial charge in [0.05, 0.1) is 19.4 Å². The largest absolute Gasteiger partial charge is 0.497 e. The van der Waals surface area contributed by atoms with Gasteiger partial charge >= 0.3 is 0 Å². The fourth-order valence-electron chi connectivity index (χ4n) is 4.19. The minimum absolute atomic E-state index is 0.0310. The third kappa shape index (κ3) is 5.34. The summed E-state index contributed by atoms with van der Waals surface area (Å²) in [5.74, 6) is 0.474. The lowest BCUT2D eigenvalue weighted by atomic mass is 10.2. The highest BCUT2D eigenvalue weighted by Crippen LogP contribution is 2.29. The van der Waals surface area contributed by atoms with E-state index in [-0.39, 0.29) is 29.9 Å². The maximum absolute atomic E-state index is 13.6. The standard InChI is InChI=1S/C27H24FN5O3S/c1-36-22-7-4-6-19(15-22)26(35)29-16-24-30-31-27(33(24)21-11-9-20(28)10-12-21)37-17-25(34)32-14-13-18-5-2-3-8-23(18)32/h2-12,15H,13-14,16-17H2,1H3,(H,29,35). The second-order valence-electron chi connectivity index (χ2n) is 8.34. The van der Waals surface area contributed by atoms with Crippen molar-refractivity contribution in [2.45, 2.75) is 18.1 Å². The molecule has 37 heavy (non-hydrogen) atoms. The first kappa shape index (κ1) is 24.5. The third-order valence-corrected chi connectivity index (χ3v) is 6.95. The Bertz CT molecular complexity index is 1440. The fourth-order valence-corrected chi connectivity index (χ4v) is 5.03. The average molecular weight is 518 g/mol. The Balaban J connectivity index is 1.34. The average Bonchev–Trinajstić information content (AvgIpc) is 3.55. The summed E-state index contributed by atoms with van der Waals surface area (Å²) in [7, 11) is 1.54. The van der Waals surface area contributed by atoms with Crippen LogP contribution in [0.25, 0.3) is 5.69 Å². The highest BCUT2D eigenvalue weighted by Gasteiger charge is 2.25. The van der Waals surface area contributed by atoms with E-state index in [4.69, 9.17) is 4.74 Å². The van der Waals surface area contributed by atoms with Crippen LogP contribution in [0.3, 0.4) is 0 Å². The van der Waals surface area contributed by atoms with Gasteiger partial charge in [0.2, 0.25) is 5.91 Å². The van der Waals surface area contributed by atoms with Gasteiger partial charge in [-0.2, -0.15) is 0 Å². The van der Waals surface area contributed by atoms with Crippen molar-refractivity contribution in [1.82, 2.24) is 20.1 Å². The molecule has 5 rings (SSSR count). The van der Waals surface area contributed by atoms with Crippen molar-refractivity contribution in [3.8, 4) is 11.4 Å². The number of aromatic nitrogens is 3. The number of halogens is 1. The molecule has 0 unspecified atom stereocenters. The molecule has 0 atom stereocenters. The zero-order valence-corrected chi connectivity index (χ0v) is 20.9. The molecular formula is C27H24FN5O3S. The van der Waals surface area contributed by atoms with Crippen LogP contribution in [0.5, 0.6) is 5.75 Å². The van der Waals surface area contributed by atoms with Crippen LogP contribution in [-0.4, -0.2) is 46.0 Å². The second-order valence-corrected chi connectivity index (χ2v) is 9.28. The van der Waals surface area contributed by atoms with Gasteiger partial charge in [0, 0.05) is 23.5 Å². The van der Waals surface area contributed by atoms with E-state index in [1.807, 2.05) is 24.3 Å². The minimum atomic E-state index is -0.373. The summed E-state index contributed by atoms with van der Waals surface area (Å²) < 4.78 is 20.5. The molecule has 8 nitrogen and oxygen atoms in total. The molecule has 0 saturated carbocycles. The van der Waals surface area contributed by atoms with E-state index in [2.05, 4.69) is 15.5 Å². The van der Waals surface area contributed by atoms with Crippen LogP contribution in [0.1, 0.15) is 21.7 Å². The van der Waals surface area contributed by atoms with Gasteiger partial charge in [-0.25, -0.2) is 4.39 Å². The van der Waals surface area contributed by atoms with Crippen LogP contribution >= 0.6 is 11.8 Å². The first-order chi connectivity index (χ1) is 18.0. The molecule has 0 fully saturated rings. The predicted molar refractivity (Wildman–Crippen MR) is 139 cm³/mol. The van der Waals surface area contributed by atoms with E-state index < -0.39 is 0 Å². The maximum atomic E-state index is 13.6. The predicted octanol–water partition coefficient (Wildman–Crippen LogP) is 4.03. The molecule has 0 aliphatic carbocycles. The number of carbonyl (C=O) groups excluding carboxylic acids is 2. The quantitative estimate of drug-likeness (QED) is 0.355. The van der Waals surface area contributed by atoms with Gasteiger partial charge in [-0.1, -0.05) is 36.0 Å². The number of carbonyl (C=O) groups is 2. The summed E-state index contributed by atoms with van der Waals surface area (Å²) in [5, 5.41) is 11.9. The topological polar surface area (TPSA) is 89.3 Å². The molecule has 188 valence electrons. The number of nitrogens with one attached hydrogen (secondary N) is 1. The fraction of sp³-hybridized carbons (Fsp3) is 0.185. The lowest BCUT2D eigenvalue weighted by Gasteiger charge is -2.17.